The third kappa shape index (κ3) is 14.0. The fourth-order valence-corrected chi connectivity index (χ4v) is 9.05. The van der Waals surface area contributed by atoms with Crippen molar-refractivity contribution in [3.8, 4) is 0 Å². The van der Waals surface area contributed by atoms with E-state index in [1.165, 1.54) is 35.5 Å². The van der Waals surface area contributed by atoms with Gasteiger partial charge in [0.1, 0.15) is 29.1 Å². The van der Waals surface area contributed by atoms with Gasteiger partial charge in [-0.15, -0.1) is 0 Å². The molecule has 59 heavy (non-hydrogen) atoms. The number of alkyl carbamates (subject to hydrolysis) is 1. The fraction of sp³-hybridized carbons (Fsp3) is 0.698. The van der Waals surface area contributed by atoms with Gasteiger partial charge in [-0.3, -0.25) is 28.8 Å². The molecule has 0 radical (unpaired) electrons. The van der Waals surface area contributed by atoms with Crippen molar-refractivity contribution < 1.29 is 42.7 Å². The third-order valence-electron chi connectivity index (χ3n) is 11.8. The van der Waals surface area contributed by atoms with Gasteiger partial charge in [0.25, 0.3) is 5.91 Å². The highest BCUT2D eigenvalue weighted by molar-refractivity contribution is 7.18. The molecular weight excluding hydrogens is 778 g/mol. The summed E-state index contributed by atoms with van der Waals surface area (Å²) in [6.07, 6.45) is 19.0. The summed E-state index contributed by atoms with van der Waals surface area (Å²) in [6.45, 7) is 6.16. The lowest BCUT2D eigenvalue weighted by Crippen LogP contribution is -2.58. The summed E-state index contributed by atoms with van der Waals surface area (Å²) >= 11 is 0. The van der Waals surface area contributed by atoms with Crippen molar-refractivity contribution in [2.24, 2.45) is 23.7 Å². The molecule has 16 heteroatoms. The van der Waals surface area contributed by atoms with Crippen LogP contribution in [0.1, 0.15) is 105 Å². The maximum absolute atomic E-state index is 15.2. The number of Topliss-reactive ketones (excluding diaryl/α,β-unsaturated/α-hetero) is 1. The minimum Gasteiger partial charge on any atom is -0.444 e. The van der Waals surface area contributed by atoms with Crippen LogP contribution in [0.3, 0.4) is 0 Å². The number of likely N-dealkylation sites (tertiary alicyclic amines) is 1. The number of ketones is 1. The van der Waals surface area contributed by atoms with Gasteiger partial charge >= 0.3 is 6.09 Å². The van der Waals surface area contributed by atoms with Crippen LogP contribution in [0.25, 0.3) is 0 Å². The molecule has 1 saturated heterocycles. The zero-order chi connectivity index (χ0) is 43.5. The molecule has 5 rings (SSSR count). The first-order valence-corrected chi connectivity index (χ1v) is 21.8. The molecule has 6 amide bonds. The smallest absolute Gasteiger partial charge is 0.408 e. The van der Waals surface area contributed by atoms with Crippen molar-refractivity contribution in [2.45, 2.75) is 134 Å². The summed E-state index contributed by atoms with van der Waals surface area (Å²) in [6, 6.07) is -3.14. The predicted octanol–water partition coefficient (Wildman–Crippen LogP) is 4.25. The Labute approximate surface area is 350 Å². The first kappa shape index (κ1) is 47.5. The van der Waals surface area contributed by atoms with Gasteiger partial charge in [0.05, 0.1) is 13.1 Å². The first-order chi connectivity index (χ1) is 27.8. The number of fused-ring (bicyclic) bond motifs is 1. The van der Waals surface area contributed by atoms with Crippen LogP contribution in [0.2, 0.25) is 0 Å². The van der Waals surface area contributed by atoms with Gasteiger partial charge in [-0.2, -0.15) is 0 Å². The molecule has 328 valence electrons. The number of amides is 6. The molecule has 3 saturated carbocycles. The maximum Gasteiger partial charge on any atom is 0.408 e. The number of nitrogens with zero attached hydrogens (tertiary/aromatic N) is 2. The van der Waals surface area contributed by atoms with Crippen molar-refractivity contribution in [3.05, 3.63) is 36.0 Å². The fourth-order valence-electron chi connectivity index (χ4n) is 8.48. The number of ether oxygens (including phenoxy) is 1. The minimum absolute atomic E-state index is 0.0123. The normalized spacial score (nSPS) is 25.1. The average molecular weight is 845 g/mol. The Morgan fingerprint density at radius 2 is 1.64 bits per heavy atom. The summed E-state index contributed by atoms with van der Waals surface area (Å²) in [5.74, 6) is -4.48. The molecule has 1 aliphatic heterocycles. The number of hydrogen-bond donors (Lipinski definition) is 4. The van der Waals surface area contributed by atoms with E-state index in [2.05, 4.69) is 37.4 Å². The van der Waals surface area contributed by atoms with Crippen LogP contribution in [-0.2, 0) is 33.5 Å². The van der Waals surface area contributed by atoms with Gasteiger partial charge in [0, 0.05) is 20.6 Å². The maximum atomic E-state index is 15.2. The Hall–Kier alpha value is -4.13. The van der Waals surface area contributed by atoms with E-state index < -0.39 is 89.6 Å². The van der Waals surface area contributed by atoms with Gasteiger partial charge in [0.2, 0.25) is 29.4 Å². The van der Waals surface area contributed by atoms with E-state index in [1.807, 2.05) is 12.2 Å². The molecule has 5 aliphatic rings. The van der Waals surface area contributed by atoms with E-state index in [-0.39, 0.29) is 31.2 Å². The number of halogens is 1. The standard InChI is InChI=1S/C37H54FN6O8P.C6H12/c1-36(2,3)52-35(51)42-29(23-15-11-8-12-16-23)34(50)44-21-24-17-37(38,53)18-25(24)30(44)32(48)39-19-26(45)31(47)40-20-27(46)41-28(33(49)43(4)5)22-13-9-6-7-10-14-22;1-2-6-4-3-5-6/h6,9-10,13-14,23-25,28-30H,7-8,11-12,15-21,53H2,1-5H3,(H,39,48)(H,40,47)(H,41,46)(H,42,51);6H,2-5H2,1H3/t24-,25-,28?,29?,30?,37?;/m0./s1. The van der Waals surface area contributed by atoms with Crippen molar-refractivity contribution in [1.29, 1.82) is 0 Å². The van der Waals surface area contributed by atoms with Crippen LogP contribution >= 0.6 is 9.24 Å². The lowest BCUT2D eigenvalue weighted by Gasteiger charge is -2.36. The van der Waals surface area contributed by atoms with Crippen molar-refractivity contribution in [2.75, 3.05) is 33.7 Å². The Kier molecular flexibility index (Phi) is 17.3. The molecule has 5 unspecified atom stereocenters. The molecule has 1 heterocycles. The number of likely N-dealkylation sites (N-methyl/N-ethyl adjacent to an activating group) is 1. The Balaban J connectivity index is 0.00000117. The second-order valence-electron chi connectivity index (χ2n) is 17.8. The highest BCUT2D eigenvalue weighted by Gasteiger charge is 2.57. The number of carbonyl (C=O) groups is 7. The van der Waals surface area contributed by atoms with E-state index in [0.29, 0.717) is 24.8 Å². The molecule has 4 fully saturated rings. The summed E-state index contributed by atoms with van der Waals surface area (Å²) in [4.78, 5) is 94.8. The summed E-state index contributed by atoms with van der Waals surface area (Å²) < 4.78 is 20.7. The number of carbonyl (C=O) groups excluding carboxylic acids is 7. The van der Waals surface area contributed by atoms with Gasteiger partial charge in [-0.05, 0) is 82.1 Å². The Morgan fingerprint density at radius 3 is 2.24 bits per heavy atom. The quantitative estimate of drug-likeness (QED) is 0.157. The molecule has 0 aromatic rings. The SMILES string of the molecule is CCC1CCC1.CN(C)C(=O)C(NC(=O)CNC(=O)C(=O)CNC(=O)C1[C@H]2CC(F)(P)C[C@H]2CN1C(=O)C(NC(=O)OC(C)(C)C)C1CCCCC1)C1=CC=CCC=C1. The van der Waals surface area contributed by atoms with E-state index in [1.54, 1.807) is 53.1 Å². The highest BCUT2D eigenvalue weighted by Crippen LogP contribution is 2.52. The van der Waals surface area contributed by atoms with Crippen LogP contribution in [0, 0.1) is 23.7 Å². The van der Waals surface area contributed by atoms with E-state index in [0.717, 1.165) is 25.2 Å². The van der Waals surface area contributed by atoms with Crippen molar-refractivity contribution in [1.82, 2.24) is 31.1 Å². The van der Waals surface area contributed by atoms with E-state index in [4.69, 9.17) is 4.74 Å². The minimum atomic E-state index is -1.63. The summed E-state index contributed by atoms with van der Waals surface area (Å²) in [7, 11) is 5.29. The van der Waals surface area contributed by atoms with Crippen LogP contribution in [-0.4, -0.2) is 114 Å². The van der Waals surface area contributed by atoms with Gasteiger partial charge < -0.3 is 35.8 Å². The van der Waals surface area contributed by atoms with Crippen LogP contribution < -0.4 is 21.3 Å². The average Bonchev–Trinajstić information content (AvgIpc) is 3.48. The van der Waals surface area contributed by atoms with Crippen molar-refractivity contribution >= 4 is 50.7 Å². The summed E-state index contributed by atoms with van der Waals surface area (Å²) in [5.41, 5.74) is -0.268. The largest absolute Gasteiger partial charge is 0.444 e. The zero-order valence-corrected chi connectivity index (χ0v) is 36.8. The molecule has 0 bridgehead atoms. The third-order valence-corrected chi connectivity index (χ3v) is 12.3. The van der Waals surface area contributed by atoms with Crippen LogP contribution in [0.4, 0.5) is 9.18 Å². The molecular formula is C43H66FN6O8P. The second-order valence-corrected chi connectivity index (χ2v) is 18.9. The summed E-state index contributed by atoms with van der Waals surface area (Å²) in [5, 5.41) is 8.41. The number of rotatable bonds is 13. The Bertz CT molecular complexity index is 1640. The van der Waals surface area contributed by atoms with E-state index >= 15 is 4.39 Å². The molecule has 14 nitrogen and oxygen atoms in total. The number of nitrogens with one attached hydrogen (secondary N) is 4. The number of allylic oxidation sites excluding steroid dienone is 4. The highest BCUT2D eigenvalue weighted by atomic mass is 31.0. The molecule has 4 N–H and O–H groups in total. The zero-order valence-electron chi connectivity index (χ0n) is 35.7. The monoisotopic (exact) mass is 844 g/mol. The Morgan fingerprint density at radius 1 is 0.949 bits per heavy atom. The lowest BCUT2D eigenvalue weighted by atomic mass is 9.83. The predicted molar refractivity (Wildman–Crippen MR) is 225 cm³/mol. The topological polar surface area (TPSA) is 183 Å². The van der Waals surface area contributed by atoms with Gasteiger partial charge in [-0.1, -0.05) is 91.5 Å². The molecule has 7 atom stereocenters. The van der Waals surface area contributed by atoms with E-state index in [9.17, 15) is 33.6 Å². The van der Waals surface area contributed by atoms with Crippen molar-refractivity contribution in [3.63, 3.8) is 0 Å². The first-order valence-electron chi connectivity index (χ1n) is 21.2. The molecule has 4 aliphatic carbocycles. The van der Waals surface area contributed by atoms with Gasteiger partial charge in [-0.25, -0.2) is 9.18 Å². The number of hydrogen-bond acceptors (Lipinski definition) is 8. The molecule has 0 aromatic heterocycles. The molecule has 0 aromatic carbocycles. The van der Waals surface area contributed by atoms with Crippen LogP contribution in [0.5, 0.6) is 0 Å². The second kappa shape index (κ2) is 21.4. The van der Waals surface area contributed by atoms with Gasteiger partial charge in [0.15, 0.2) is 0 Å². The number of alkyl halides is 1. The lowest BCUT2D eigenvalue weighted by molar-refractivity contribution is -0.143. The molecule has 0 spiro atoms. The van der Waals surface area contributed by atoms with Crippen LogP contribution in [0.15, 0.2) is 36.0 Å².